The van der Waals surface area contributed by atoms with E-state index in [1.165, 1.54) is 42.6 Å². The third-order valence-corrected chi connectivity index (χ3v) is 4.64. The zero-order chi connectivity index (χ0) is 15.2. The highest BCUT2D eigenvalue weighted by atomic mass is 15.1. The minimum absolute atomic E-state index is 0.711. The van der Waals surface area contributed by atoms with Crippen molar-refractivity contribution in [3.63, 3.8) is 0 Å². The standard InChI is InChI=1S/C19H32N2/c1-5-21(14-17-7-6-8-17)19-10-9-18(16(4)11-19)13-20-12-15(2)3/h9-11,15,17,20H,5-8,12-14H2,1-4H3. The predicted octanol–water partition coefficient (Wildman–Crippen LogP) is 4.37. The van der Waals surface area contributed by atoms with Gasteiger partial charge in [-0.05, 0) is 68.3 Å². The maximum Gasteiger partial charge on any atom is 0.0369 e. The molecule has 1 N–H and O–H groups in total. The monoisotopic (exact) mass is 288 g/mol. The normalized spacial score (nSPS) is 15.3. The lowest BCUT2D eigenvalue weighted by Gasteiger charge is -2.33. The van der Waals surface area contributed by atoms with Gasteiger partial charge in [0.05, 0.1) is 0 Å². The maximum absolute atomic E-state index is 3.54. The van der Waals surface area contributed by atoms with Gasteiger partial charge < -0.3 is 10.2 Å². The first-order chi connectivity index (χ1) is 10.1. The number of benzene rings is 1. The van der Waals surface area contributed by atoms with E-state index < -0.39 is 0 Å². The first-order valence-corrected chi connectivity index (χ1v) is 8.65. The molecule has 1 saturated carbocycles. The van der Waals surface area contributed by atoms with Gasteiger partial charge >= 0.3 is 0 Å². The molecular formula is C19H32N2. The van der Waals surface area contributed by atoms with Crippen LogP contribution in [0.1, 0.15) is 51.2 Å². The van der Waals surface area contributed by atoms with Crippen molar-refractivity contribution in [2.24, 2.45) is 11.8 Å². The third kappa shape index (κ3) is 4.74. The largest absolute Gasteiger partial charge is 0.372 e. The number of nitrogens with one attached hydrogen (secondary N) is 1. The summed E-state index contributed by atoms with van der Waals surface area (Å²) in [5, 5.41) is 3.54. The summed E-state index contributed by atoms with van der Waals surface area (Å²) >= 11 is 0. The highest BCUT2D eigenvalue weighted by Gasteiger charge is 2.20. The van der Waals surface area contributed by atoms with Crippen LogP contribution in [0.15, 0.2) is 18.2 Å². The topological polar surface area (TPSA) is 15.3 Å². The highest BCUT2D eigenvalue weighted by molar-refractivity contribution is 5.51. The summed E-state index contributed by atoms with van der Waals surface area (Å²) in [6.07, 6.45) is 4.28. The van der Waals surface area contributed by atoms with Gasteiger partial charge in [-0.3, -0.25) is 0 Å². The predicted molar refractivity (Wildman–Crippen MR) is 93.0 cm³/mol. The number of rotatable bonds is 8. The molecule has 0 unspecified atom stereocenters. The first-order valence-electron chi connectivity index (χ1n) is 8.65. The lowest BCUT2D eigenvalue weighted by atomic mass is 9.85. The second-order valence-electron chi connectivity index (χ2n) is 6.97. The zero-order valence-corrected chi connectivity index (χ0v) is 14.3. The van der Waals surface area contributed by atoms with Crippen LogP contribution in [0.4, 0.5) is 5.69 Å². The minimum atomic E-state index is 0.711. The number of hydrogen-bond acceptors (Lipinski definition) is 2. The van der Waals surface area contributed by atoms with E-state index in [4.69, 9.17) is 0 Å². The van der Waals surface area contributed by atoms with Crippen LogP contribution in [0.3, 0.4) is 0 Å². The highest BCUT2D eigenvalue weighted by Crippen LogP contribution is 2.29. The molecule has 0 bridgehead atoms. The van der Waals surface area contributed by atoms with Crippen molar-refractivity contribution in [3.8, 4) is 0 Å². The Morgan fingerprint density at radius 2 is 2.05 bits per heavy atom. The van der Waals surface area contributed by atoms with Crippen LogP contribution in [0.25, 0.3) is 0 Å². The molecule has 0 aliphatic heterocycles. The minimum Gasteiger partial charge on any atom is -0.372 e. The molecule has 1 fully saturated rings. The van der Waals surface area contributed by atoms with Crippen molar-refractivity contribution in [1.29, 1.82) is 0 Å². The summed E-state index contributed by atoms with van der Waals surface area (Å²) in [5.74, 6) is 1.64. The molecule has 0 aromatic heterocycles. The average Bonchev–Trinajstić information content (AvgIpc) is 2.39. The SMILES string of the molecule is CCN(CC1CCC1)c1ccc(CNCC(C)C)c(C)c1. The molecule has 2 heteroatoms. The maximum atomic E-state index is 3.54. The van der Waals surface area contributed by atoms with Crippen LogP contribution < -0.4 is 10.2 Å². The molecule has 1 aromatic rings. The zero-order valence-electron chi connectivity index (χ0n) is 14.3. The molecule has 1 aliphatic rings. The molecule has 0 spiro atoms. The van der Waals surface area contributed by atoms with Gasteiger partial charge in [0.1, 0.15) is 0 Å². The van der Waals surface area contributed by atoms with E-state index in [-0.39, 0.29) is 0 Å². The lowest BCUT2D eigenvalue weighted by Crippen LogP contribution is -2.32. The van der Waals surface area contributed by atoms with Crippen LogP contribution in [0, 0.1) is 18.8 Å². The summed E-state index contributed by atoms with van der Waals surface area (Å²) in [7, 11) is 0. The molecule has 1 aromatic carbocycles. The first kappa shape index (κ1) is 16.4. The van der Waals surface area contributed by atoms with Gasteiger partial charge in [0.25, 0.3) is 0 Å². The van der Waals surface area contributed by atoms with Crippen molar-refractivity contribution in [1.82, 2.24) is 5.32 Å². The second-order valence-corrected chi connectivity index (χ2v) is 6.97. The Hall–Kier alpha value is -1.02. The molecule has 0 atom stereocenters. The lowest BCUT2D eigenvalue weighted by molar-refractivity contribution is 0.318. The Morgan fingerprint density at radius 1 is 1.29 bits per heavy atom. The summed E-state index contributed by atoms with van der Waals surface area (Å²) in [6, 6.07) is 6.98. The van der Waals surface area contributed by atoms with E-state index in [1.807, 2.05) is 0 Å². The van der Waals surface area contributed by atoms with Gasteiger partial charge in [-0.25, -0.2) is 0 Å². The van der Waals surface area contributed by atoms with E-state index >= 15 is 0 Å². The second kappa shape index (κ2) is 7.84. The summed E-state index contributed by atoms with van der Waals surface area (Å²) in [5.41, 5.74) is 4.24. The summed E-state index contributed by atoms with van der Waals surface area (Å²) in [6.45, 7) is 13.4. The molecule has 1 aliphatic carbocycles. The van der Waals surface area contributed by atoms with Gasteiger partial charge in [-0.15, -0.1) is 0 Å². The van der Waals surface area contributed by atoms with E-state index in [2.05, 4.69) is 56.1 Å². The van der Waals surface area contributed by atoms with E-state index in [0.29, 0.717) is 5.92 Å². The van der Waals surface area contributed by atoms with Crippen LogP contribution in [-0.4, -0.2) is 19.6 Å². The fourth-order valence-electron chi connectivity index (χ4n) is 2.97. The number of nitrogens with zero attached hydrogens (tertiary/aromatic N) is 1. The van der Waals surface area contributed by atoms with Crippen LogP contribution in [0.5, 0.6) is 0 Å². The van der Waals surface area contributed by atoms with Crippen molar-refractivity contribution < 1.29 is 0 Å². The van der Waals surface area contributed by atoms with Crippen LogP contribution >= 0.6 is 0 Å². The van der Waals surface area contributed by atoms with Crippen molar-refractivity contribution in [2.75, 3.05) is 24.5 Å². The molecule has 0 amide bonds. The fraction of sp³-hybridized carbons (Fsp3) is 0.684. The van der Waals surface area contributed by atoms with Crippen molar-refractivity contribution in [2.45, 2.75) is 53.5 Å². The quantitative estimate of drug-likeness (QED) is 0.764. The number of hydrogen-bond donors (Lipinski definition) is 1. The molecule has 0 heterocycles. The molecule has 0 radical (unpaired) electrons. The van der Waals surface area contributed by atoms with Gasteiger partial charge in [-0.1, -0.05) is 26.3 Å². The fourth-order valence-corrected chi connectivity index (χ4v) is 2.97. The van der Waals surface area contributed by atoms with Crippen LogP contribution in [0.2, 0.25) is 0 Å². The number of aryl methyl sites for hydroxylation is 1. The van der Waals surface area contributed by atoms with Gasteiger partial charge in [-0.2, -0.15) is 0 Å². The van der Waals surface area contributed by atoms with E-state index in [0.717, 1.165) is 25.6 Å². The Balaban J connectivity index is 1.95. The van der Waals surface area contributed by atoms with E-state index in [9.17, 15) is 0 Å². The Bertz CT molecular complexity index is 435. The summed E-state index contributed by atoms with van der Waals surface area (Å²) in [4.78, 5) is 2.54. The van der Waals surface area contributed by atoms with Crippen molar-refractivity contribution >= 4 is 5.69 Å². The Labute approximate surface area is 130 Å². The molecule has 21 heavy (non-hydrogen) atoms. The van der Waals surface area contributed by atoms with Gasteiger partial charge in [0, 0.05) is 25.3 Å². The summed E-state index contributed by atoms with van der Waals surface area (Å²) < 4.78 is 0. The van der Waals surface area contributed by atoms with E-state index in [1.54, 1.807) is 0 Å². The molecular weight excluding hydrogens is 256 g/mol. The average molecular weight is 288 g/mol. The van der Waals surface area contributed by atoms with Gasteiger partial charge in [0.15, 0.2) is 0 Å². The molecule has 0 saturated heterocycles. The van der Waals surface area contributed by atoms with Crippen molar-refractivity contribution in [3.05, 3.63) is 29.3 Å². The third-order valence-electron chi connectivity index (χ3n) is 4.64. The Morgan fingerprint density at radius 3 is 2.57 bits per heavy atom. The molecule has 2 nitrogen and oxygen atoms in total. The molecule has 118 valence electrons. The smallest absolute Gasteiger partial charge is 0.0369 e. The van der Waals surface area contributed by atoms with Crippen LogP contribution in [-0.2, 0) is 6.54 Å². The molecule has 2 rings (SSSR count). The van der Waals surface area contributed by atoms with Gasteiger partial charge in [0.2, 0.25) is 0 Å². The number of anilines is 1. The Kier molecular flexibility index (Phi) is 6.10.